The third kappa shape index (κ3) is 2.19. The summed E-state index contributed by atoms with van der Waals surface area (Å²) in [5.74, 6) is -0.919. The van der Waals surface area contributed by atoms with Crippen LogP contribution in [0.5, 0.6) is 0 Å². The number of carboxylic acid groups (broad SMARTS) is 1. The van der Waals surface area contributed by atoms with Crippen LogP contribution < -0.4 is 0 Å². The van der Waals surface area contributed by atoms with Crippen LogP contribution in [0.25, 0.3) is 0 Å². The van der Waals surface area contributed by atoms with Crippen LogP contribution in [0.3, 0.4) is 0 Å². The van der Waals surface area contributed by atoms with Crippen LogP contribution in [0.4, 0.5) is 0 Å². The molecule has 0 saturated carbocycles. The fourth-order valence-electron chi connectivity index (χ4n) is 3.41. The highest BCUT2D eigenvalue weighted by Crippen LogP contribution is 2.37. The number of aliphatic carboxylic acids is 1. The van der Waals surface area contributed by atoms with Gasteiger partial charge in [0, 0.05) is 13.1 Å². The van der Waals surface area contributed by atoms with E-state index in [1.54, 1.807) is 4.90 Å². The van der Waals surface area contributed by atoms with Gasteiger partial charge < -0.3 is 10.0 Å². The molecule has 4 nitrogen and oxygen atoms in total. The van der Waals surface area contributed by atoms with Gasteiger partial charge in [-0.05, 0) is 29.9 Å². The zero-order chi connectivity index (χ0) is 14.3. The number of carbonyl (C=O) groups excluding carboxylic acids is 1. The number of nitrogens with zero attached hydrogens (tertiary/aromatic N) is 1. The van der Waals surface area contributed by atoms with Gasteiger partial charge in [-0.2, -0.15) is 0 Å². The quantitative estimate of drug-likeness (QED) is 0.895. The highest BCUT2D eigenvalue weighted by atomic mass is 16.4. The summed E-state index contributed by atoms with van der Waals surface area (Å²) in [7, 11) is 0. The first-order valence-corrected chi connectivity index (χ1v) is 7.15. The molecule has 1 fully saturated rings. The van der Waals surface area contributed by atoms with Crippen molar-refractivity contribution in [3.8, 4) is 0 Å². The summed E-state index contributed by atoms with van der Waals surface area (Å²) in [5.41, 5.74) is 2.35. The number of benzene rings is 1. The third-order valence-corrected chi connectivity index (χ3v) is 4.47. The lowest BCUT2D eigenvalue weighted by atomic mass is 9.76. The van der Waals surface area contributed by atoms with Gasteiger partial charge in [-0.1, -0.05) is 31.2 Å². The summed E-state index contributed by atoms with van der Waals surface area (Å²) in [6, 6.07) is 8.00. The van der Waals surface area contributed by atoms with E-state index in [4.69, 9.17) is 0 Å². The topological polar surface area (TPSA) is 57.6 Å². The molecule has 1 aliphatic heterocycles. The van der Waals surface area contributed by atoms with Gasteiger partial charge in [0.1, 0.15) is 0 Å². The molecule has 0 spiro atoms. The first-order chi connectivity index (χ1) is 9.56. The van der Waals surface area contributed by atoms with E-state index in [2.05, 4.69) is 6.07 Å². The predicted octanol–water partition coefficient (Wildman–Crippen LogP) is 1.90. The molecule has 1 heterocycles. The van der Waals surface area contributed by atoms with Gasteiger partial charge in [0.05, 0.1) is 11.8 Å². The molecule has 1 N–H and O–H groups in total. The molecule has 0 bridgehead atoms. The molecule has 1 amide bonds. The Morgan fingerprint density at radius 1 is 1.25 bits per heavy atom. The number of hydrogen-bond acceptors (Lipinski definition) is 2. The molecule has 4 heteroatoms. The maximum absolute atomic E-state index is 12.6. The number of piperidine rings is 1. The van der Waals surface area contributed by atoms with Crippen LogP contribution in [0, 0.1) is 11.8 Å². The Hall–Kier alpha value is -1.84. The minimum Gasteiger partial charge on any atom is -0.481 e. The van der Waals surface area contributed by atoms with Gasteiger partial charge in [-0.15, -0.1) is 0 Å². The van der Waals surface area contributed by atoms with Gasteiger partial charge in [0.15, 0.2) is 0 Å². The molecule has 3 atom stereocenters. The molecule has 1 saturated heterocycles. The van der Waals surface area contributed by atoms with Gasteiger partial charge in [0.2, 0.25) is 5.91 Å². The lowest BCUT2D eigenvalue weighted by molar-refractivity contribution is -0.147. The first kappa shape index (κ1) is 13.2. The van der Waals surface area contributed by atoms with Gasteiger partial charge in [-0.3, -0.25) is 9.59 Å². The van der Waals surface area contributed by atoms with E-state index in [1.807, 2.05) is 25.1 Å². The van der Waals surface area contributed by atoms with Gasteiger partial charge in [0.25, 0.3) is 0 Å². The number of amides is 1. The van der Waals surface area contributed by atoms with E-state index < -0.39 is 11.9 Å². The van der Waals surface area contributed by atoms with Crippen LogP contribution in [-0.2, 0) is 16.0 Å². The van der Waals surface area contributed by atoms with E-state index in [9.17, 15) is 14.7 Å². The Morgan fingerprint density at radius 3 is 2.70 bits per heavy atom. The smallest absolute Gasteiger partial charge is 0.308 e. The number of rotatable bonds is 2. The van der Waals surface area contributed by atoms with E-state index >= 15 is 0 Å². The lowest BCUT2D eigenvalue weighted by Gasteiger charge is -2.39. The Labute approximate surface area is 118 Å². The fourth-order valence-corrected chi connectivity index (χ4v) is 3.41. The number of carboxylic acids is 1. The maximum Gasteiger partial charge on any atom is 0.308 e. The van der Waals surface area contributed by atoms with Crippen LogP contribution in [0.15, 0.2) is 24.3 Å². The molecule has 1 aliphatic carbocycles. The summed E-state index contributed by atoms with van der Waals surface area (Å²) in [6.07, 6.45) is 1.46. The van der Waals surface area contributed by atoms with Crippen molar-refractivity contribution in [3.05, 3.63) is 35.4 Å². The van der Waals surface area contributed by atoms with Crippen LogP contribution in [0.1, 0.15) is 30.4 Å². The largest absolute Gasteiger partial charge is 0.481 e. The van der Waals surface area contributed by atoms with Crippen LogP contribution in [0.2, 0.25) is 0 Å². The number of likely N-dealkylation sites (tertiary alicyclic amines) is 1. The van der Waals surface area contributed by atoms with Crippen LogP contribution >= 0.6 is 0 Å². The average molecular weight is 273 g/mol. The van der Waals surface area contributed by atoms with Crippen molar-refractivity contribution in [2.75, 3.05) is 13.1 Å². The van der Waals surface area contributed by atoms with E-state index in [0.717, 1.165) is 12.0 Å². The van der Waals surface area contributed by atoms with Crippen molar-refractivity contribution >= 4 is 11.9 Å². The second-order valence-electron chi connectivity index (χ2n) is 6.07. The molecule has 20 heavy (non-hydrogen) atoms. The summed E-state index contributed by atoms with van der Waals surface area (Å²) in [6.45, 7) is 3.06. The molecule has 1 aromatic rings. The minimum absolute atomic E-state index is 0.0639. The molecular formula is C16H19NO3. The monoisotopic (exact) mass is 273 g/mol. The van der Waals surface area contributed by atoms with Crippen molar-refractivity contribution in [3.63, 3.8) is 0 Å². The molecule has 1 aromatic carbocycles. The van der Waals surface area contributed by atoms with Crippen LogP contribution in [-0.4, -0.2) is 35.0 Å². The standard InChI is InChI=1S/C16H19NO3/c1-10-6-12(16(19)20)9-17(8-10)15(18)14-7-11-4-2-3-5-13(11)14/h2-5,10,12,14H,6-9H2,1H3,(H,19,20). The van der Waals surface area contributed by atoms with Gasteiger partial charge in [-0.25, -0.2) is 0 Å². The summed E-state index contributed by atoms with van der Waals surface area (Å²) >= 11 is 0. The molecule has 106 valence electrons. The number of fused-ring (bicyclic) bond motifs is 1. The molecule has 3 unspecified atom stereocenters. The molecule has 0 aromatic heterocycles. The first-order valence-electron chi connectivity index (χ1n) is 7.15. The van der Waals surface area contributed by atoms with E-state index in [1.165, 1.54) is 5.56 Å². The second-order valence-corrected chi connectivity index (χ2v) is 6.07. The fraction of sp³-hybridized carbons (Fsp3) is 0.500. The molecule has 3 rings (SSSR count). The molecule has 0 radical (unpaired) electrons. The Kier molecular flexibility index (Phi) is 3.24. The average Bonchev–Trinajstić information content (AvgIpc) is 2.39. The van der Waals surface area contributed by atoms with Crippen molar-refractivity contribution < 1.29 is 14.7 Å². The summed E-state index contributed by atoms with van der Waals surface area (Å²) < 4.78 is 0. The number of hydrogen-bond donors (Lipinski definition) is 1. The predicted molar refractivity (Wildman–Crippen MR) is 74.4 cm³/mol. The van der Waals surface area contributed by atoms with Crippen molar-refractivity contribution in [2.24, 2.45) is 11.8 Å². The Bertz CT molecular complexity index is 554. The summed E-state index contributed by atoms with van der Waals surface area (Å²) in [5, 5.41) is 9.19. The van der Waals surface area contributed by atoms with E-state index in [0.29, 0.717) is 19.5 Å². The van der Waals surface area contributed by atoms with Crippen molar-refractivity contribution in [1.82, 2.24) is 4.90 Å². The molecular weight excluding hydrogens is 254 g/mol. The minimum atomic E-state index is -0.789. The Balaban J connectivity index is 1.73. The third-order valence-electron chi connectivity index (χ3n) is 4.47. The zero-order valence-corrected chi connectivity index (χ0v) is 11.6. The lowest BCUT2D eigenvalue weighted by Crippen LogP contribution is -2.48. The highest BCUT2D eigenvalue weighted by Gasteiger charge is 2.38. The van der Waals surface area contributed by atoms with Gasteiger partial charge >= 0.3 is 5.97 Å². The normalized spacial score (nSPS) is 28.4. The SMILES string of the molecule is CC1CC(C(=O)O)CN(C(=O)C2Cc3ccccc32)C1. The maximum atomic E-state index is 12.6. The summed E-state index contributed by atoms with van der Waals surface area (Å²) in [4.78, 5) is 25.5. The number of carbonyl (C=O) groups is 2. The second kappa shape index (κ2) is 4.93. The highest BCUT2D eigenvalue weighted by molar-refractivity contribution is 5.87. The van der Waals surface area contributed by atoms with E-state index in [-0.39, 0.29) is 17.7 Å². The zero-order valence-electron chi connectivity index (χ0n) is 11.6. The van der Waals surface area contributed by atoms with Crippen molar-refractivity contribution in [1.29, 1.82) is 0 Å². The molecule has 2 aliphatic rings. The Morgan fingerprint density at radius 2 is 2.00 bits per heavy atom. The van der Waals surface area contributed by atoms with Crippen molar-refractivity contribution in [2.45, 2.75) is 25.7 Å².